The van der Waals surface area contributed by atoms with Crippen LogP contribution in [0.25, 0.3) is 0 Å². The molecular weight excluding hydrogens is 162 g/mol. The Kier molecular flexibility index (Phi) is 2.65. The van der Waals surface area contributed by atoms with Gasteiger partial charge in [0.25, 0.3) is 0 Å². The van der Waals surface area contributed by atoms with Crippen LogP contribution in [0.1, 0.15) is 12.8 Å². The lowest BCUT2D eigenvalue weighted by molar-refractivity contribution is -0.144. The van der Waals surface area contributed by atoms with Crippen LogP contribution in [0.3, 0.4) is 0 Å². The van der Waals surface area contributed by atoms with Crippen LogP contribution in [0.2, 0.25) is 0 Å². The molecule has 1 aliphatic rings. The second kappa shape index (κ2) is 3.53. The van der Waals surface area contributed by atoms with Crippen LogP contribution in [0.4, 0.5) is 0 Å². The summed E-state index contributed by atoms with van der Waals surface area (Å²) in [6.45, 7) is 0.266. The zero-order valence-electron chi connectivity index (χ0n) is 6.43. The Hall–Kier alpha value is -1.10. The Morgan fingerprint density at radius 2 is 2.25 bits per heavy atom. The summed E-state index contributed by atoms with van der Waals surface area (Å²) >= 11 is 0. The maximum atomic E-state index is 10.5. The van der Waals surface area contributed by atoms with Crippen LogP contribution in [-0.2, 0) is 9.59 Å². The molecule has 5 heteroatoms. The standard InChI is InChI=1S/C7H10NO4/c9-4-8-2-1-5(10)3-6(8)7(11)12/h5-6,10H,1-3H2,(H,11,12). The van der Waals surface area contributed by atoms with Crippen LogP contribution in [0.15, 0.2) is 0 Å². The SMILES string of the molecule is O=[C]N1CCC(O)CC1C(=O)O. The van der Waals surface area contributed by atoms with Crippen LogP contribution >= 0.6 is 0 Å². The molecule has 1 aliphatic heterocycles. The summed E-state index contributed by atoms with van der Waals surface area (Å²) in [6, 6.07) is -0.911. The maximum Gasteiger partial charge on any atom is 0.326 e. The highest BCUT2D eigenvalue weighted by Crippen LogP contribution is 2.15. The van der Waals surface area contributed by atoms with Crippen LogP contribution < -0.4 is 0 Å². The molecule has 2 atom stereocenters. The van der Waals surface area contributed by atoms with Gasteiger partial charge in [-0.1, -0.05) is 0 Å². The summed E-state index contributed by atoms with van der Waals surface area (Å²) in [5, 5.41) is 17.7. The third kappa shape index (κ3) is 1.73. The van der Waals surface area contributed by atoms with Crippen LogP contribution in [-0.4, -0.2) is 46.2 Å². The van der Waals surface area contributed by atoms with Gasteiger partial charge in [0, 0.05) is 13.0 Å². The topological polar surface area (TPSA) is 77.8 Å². The minimum atomic E-state index is -1.09. The molecule has 1 rings (SSSR count). The number of amides is 1. The number of carboxylic acid groups (broad SMARTS) is 1. The molecule has 2 N–H and O–H groups in total. The van der Waals surface area contributed by atoms with E-state index in [1.807, 2.05) is 0 Å². The zero-order valence-corrected chi connectivity index (χ0v) is 6.43. The smallest absolute Gasteiger partial charge is 0.326 e. The van der Waals surface area contributed by atoms with Crippen molar-refractivity contribution in [3.8, 4) is 0 Å². The molecule has 0 bridgehead atoms. The van der Waals surface area contributed by atoms with E-state index in [2.05, 4.69) is 0 Å². The normalized spacial score (nSPS) is 29.9. The van der Waals surface area contributed by atoms with Crippen molar-refractivity contribution in [2.24, 2.45) is 0 Å². The van der Waals surface area contributed by atoms with Gasteiger partial charge < -0.3 is 15.1 Å². The molecule has 0 spiro atoms. The number of rotatable bonds is 2. The molecular formula is C7H10NO4. The number of carbonyl (C=O) groups is 1. The third-order valence-electron chi connectivity index (χ3n) is 1.98. The van der Waals surface area contributed by atoms with Gasteiger partial charge in [-0.25, -0.2) is 4.79 Å². The highest BCUT2D eigenvalue weighted by atomic mass is 16.4. The number of carbonyl (C=O) groups excluding carboxylic acids is 1. The fourth-order valence-corrected chi connectivity index (χ4v) is 1.29. The van der Waals surface area contributed by atoms with Crippen molar-refractivity contribution in [1.82, 2.24) is 4.90 Å². The number of hydrogen-bond acceptors (Lipinski definition) is 3. The van der Waals surface area contributed by atoms with Crippen molar-refractivity contribution in [1.29, 1.82) is 0 Å². The number of hydrogen-bond donors (Lipinski definition) is 2. The van der Waals surface area contributed by atoms with E-state index in [0.29, 0.717) is 6.42 Å². The van der Waals surface area contributed by atoms with E-state index in [9.17, 15) is 9.59 Å². The van der Waals surface area contributed by atoms with Crippen molar-refractivity contribution in [2.45, 2.75) is 25.0 Å². The quantitative estimate of drug-likeness (QED) is 0.558. The molecule has 0 saturated carbocycles. The fraction of sp³-hybridized carbons (Fsp3) is 0.714. The second-order valence-corrected chi connectivity index (χ2v) is 2.82. The molecule has 1 radical (unpaired) electrons. The molecule has 1 amide bonds. The molecule has 0 aromatic heterocycles. The number of aliphatic hydroxyl groups excluding tert-OH is 1. The molecule has 2 unspecified atom stereocenters. The molecule has 1 heterocycles. The predicted molar refractivity (Wildman–Crippen MR) is 39.1 cm³/mol. The Bertz CT molecular complexity index is 194. The first-order valence-corrected chi connectivity index (χ1v) is 3.70. The molecule has 1 fully saturated rings. The van der Waals surface area contributed by atoms with E-state index >= 15 is 0 Å². The average Bonchev–Trinajstić information content (AvgIpc) is 2.04. The molecule has 0 aromatic carbocycles. The summed E-state index contributed by atoms with van der Waals surface area (Å²) in [6.07, 6.45) is 1.46. The Labute approximate surface area is 69.6 Å². The summed E-state index contributed by atoms with van der Waals surface area (Å²) in [5.41, 5.74) is 0. The number of likely N-dealkylation sites (tertiary alicyclic amines) is 1. The molecule has 67 valence electrons. The first-order valence-electron chi connectivity index (χ1n) is 3.70. The van der Waals surface area contributed by atoms with E-state index in [1.165, 1.54) is 0 Å². The van der Waals surface area contributed by atoms with Crippen molar-refractivity contribution in [3.05, 3.63) is 0 Å². The highest BCUT2D eigenvalue weighted by Gasteiger charge is 2.31. The monoisotopic (exact) mass is 172 g/mol. The van der Waals surface area contributed by atoms with E-state index in [1.54, 1.807) is 6.41 Å². The Morgan fingerprint density at radius 1 is 1.58 bits per heavy atom. The first-order chi connectivity index (χ1) is 5.65. The van der Waals surface area contributed by atoms with E-state index in [0.717, 1.165) is 4.90 Å². The molecule has 0 aromatic rings. The maximum absolute atomic E-state index is 10.5. The lowest BCUT2D eigenvalue weighted by Gasteiger charge is -2.31. The highest BCUT2D eigenvalue weighted by molar-refractivity contribution is 5.76. The number of carboxylic acids is 1. The third-order valence-corrected chi connectivity index (χ3v) is 1.98. The minimum Gasteiger partial charge on any atom is -0.480 e. The number of aliphatic hydroxyl groups is 1. The van der Waals surface area contributed by atoms with Crippen LogP contribution in [0, 0.1) is 0 Å². The van der Waals surface area contributed by atoms with E-state index in [4.69, 9.17) is 10.2 Å². The van der Waals surface area contributed by atoms with Gasteiger partial charge in [-0.05, 0) is 6.42 Å². The summed E-state index contributed by atoms with van der Waals surface area (Å²) in [4.78, 5) is 21.9. The van der Waals surface area contributed by atoms with Gasteiger partial charge in [0.15, 0.2) is 0 Å². The number of nitrogens with zero attached hydrogens (tertiary/aromatic N) is 1. The average molecular weight is 172 g/mol. The predicted octanol–water partition coefficient (Wildman–Crippen LogP) is -1.04. The number of aliphatic carboxylic acids is 1. The van der Waals surface area contributed by atoms with Crippen molar-refractivity contribution < 1.29 is 19.8 Å². The molecule has 0 aliphatic carbocycles. The van der Waals surface area contributed by atoms with Gasteiger partial charge in [0.05, 0.1) is 6.10 Å². The Morgan fingerprint density at radius 3 is 2.75 bits per heavy atom. The van der Waals surface area contributed by atoms with E-state index < -0.39 is 18.1 Å². The summed E-state index contributed by atoms with van der Waals surface area (Å²) < 4.78 is 0. The van der Waals surface area contributed by atoms with E-state index in [-0.39, 0.29) is 13.0 Å². The molecule has 1 saturated heterocycles. The van der Waals surface area contributed by atoms with Gasteiger partial charge in [0.2, 0.25) is 0 Å². The van der Waals surface area contributed by atoms with Gasteiger partial charge in [0.1, 0.15) is 6.04 Å². The van der Waals surface area contributed by atoms with Gasteiger partial charge in [-0.3, -0.25) is 4.79 Å². The van der Waals surface area contributed by atoms with Crippen molar-refractivity contribution in [2.75, 3.05) is 6.54 Å². The Balaban J connectivity index is 2.63. The zero-order chi connectivity index (χ0) is 9.14. The van der Waals surface area contributed by atoms with Crippen molar-refractivity contribution in [3.63, 3.8) is 0 Å². The summed E-state index contributed by atoms with van der Waals surface area (Å²) in [5.74, 6) is -1.09. The molecule has 5 nitrogen and oxygen atoms in total. The number of piperidine rings is 1. The van der Waals surface area contributed by atoms with Crippen molar-refractivity contribution >= 4 is 12.4 Å². The van der Waals surface area contributed by atoms with Crippen LogP contribution in [0.5, 0.6) is 0 Å². The van der Waals surface area contributed by atoms with Gasteiger partial charge in [-0.2, -0.15) is 0 Å². The minimum absolute atomic E-state index is 0.102. The van der Waals surface area contributed by atoms with Gasteiger partial charge in [-0.15, -0.1) is 0 Å². The lowest BCUT2D eigenvalue weighted by Crippen LogP contribution is -2.47. The largest absolute Gasteiger partial charge is 0.480 e. The first kappa shape index (κ1) is 8.99. The lowest BCUT2D eigenvalue weighted by atomic mass is 10.0. The van der Waals surface area contributed by atoms with Gasteiger partial charge >= 0.3 is 12.4 Å². The fourth-order valence-electron chi connectivity index (χ4n) is 1.29. The molecule has 12 heavy (non-hydrogen) atoms. The second-order valence-electron chi connectivity index (χ2n) is 2.82. The summed E-state index contributed by atoms with van der Waals surface area (Å²) in [7, 11) is 0.